The maximum atomic E-state index is 13.7. The monoisotopic (exact) mass is 274 g/mol. The first-order chi connectivity index (χ1) is 9.70. The Bertz CT molecular complexity index is 514. The molecule has 1 aromatic rings. The second-order valence-electron chi connectivity index (χ2n) is 5.32. The Morgan fingerprint density at radius 3 is 2.60 bits per heavy atom. The van der Waals surface area contributed by atoms with Gasteiger partial charge in [0.1, 0.15) is 5.82 Å². The van der Waals surface area contributed by atoms with Gasteiger partial charge >= 0.3 is 0 Å². The smallest absolute Gasteiger partial charge is 0.223 e. The summed E-state index contributed by atoms with van der Waals surface area (Å²) in [6.45, 7) is 0.187. The van der Waals surface area contributed by atoms with Crippen molar-refractivity contribution in [2.45, 2.75) is 45.1 Å². The maximum Gasteiger partial charge on any atom is 0.223 e. The van der Waals surface area contributed by atoms with Crippen LogP contribution >= 0.6 is 0 Å². The average Bonchev–Trinajstić information content (AvgIpc) is 2.74. The molecule has 3 nitrogen and oxygen atoms in total. The van der Waals surface area contributed by atoms with Crippen molar-refractivity contribution in [1.82, 2.24) is 5.32 Å². The highest BCUT2D eigenvalue weighted by Gasteiger charge is 2.19. The van der Waals surface area contributed by atoms with Gasteiger partial charge in [0.2, 0.25) is 5.91 Å². The van der Waals surface area contributed by atoms with Crippen molar-refractivity contribution in [2.24, 2.45) is 5.92 Å². The maximum absolute atomic E-state index is 13.7. The van der Waals surface area contributed by atoms with E-state index in [4.69, 9.17) is 5.26 Å². The predicted molar refractivity (Wildman–Crippen MR) is 74.2 cm³/mol. The van der Waals surface area contributed by atoms with Gasteiger partial charge in [0.15, 0.2) is 0 Å². The molecular formula is C16H19FN2O. The minimum Gasteiger partial charge on any atom is -0.352 e. The summed E-state index contributed by atoms with van der Waals surface area (Å²) in [6, 6.07) is 6.22. The Hall–Kier alpha value is -1.89. The molecule has 1 saturated carbocycles. The summed E-state index contributed by atoms with van der Waals surface area (Å²) in [5.74, 6) is -0.347. The fourth-order valence-electron chi connectivity index (χ4n) is 2.63. The largest absolute Gasteiger partial charge is 0.352 e. The van der Waals surface area contributed by atoms with E-state index < -0.39 is 5.82 Å². The lowest BCUT2D eigenvalue weighted by atomic mass is 9.99. The minimum atomic E-state index is -0.440. The number of hydrogen-bond acceptors (Lipinski definition) is 2. The van der Waals surface area contributed by atoms with Crippen molar-refractivity contribution in [1.29, 1.82) is 5.26 Å². The molecule has 20 heavy (non-hydrogen) atoms. The van der Waals surface area contributed by atoms with Gasteiger partial charge in [-0.15, -0.1) is 0 Å². The van der Waals surface area contributed by atoms with Crippen LogP contribution < -0.4 is 5.32 Å². The van der Waals surface area contributed by atoms with Crippen LogP contribution in [-0.4, -0.2) is 5.91 Å². The van der Waals surface area contributed by atoms with Crippen molar-refractivity contribution < 1.29 is 9.18 Å². The number of hydrogen-bond donors (Lipinski definition) is 1. The molecule has 0 radical (unpaired) electrons. The Balaban J connectivity index is 1.91. The molecule has 2 rings (SSSR count). The number of benzene rings is 1. The van der Waals surface area contributed by atoms with Crippen LogP contribution in [0.25, 0.3) is 0 Å². The zero-order valence-electron chi connectivity index (χ0n) is 11.5. The van der Waals surface area contributed by atoms with Gasteiger partial charge in [-0.3, -0.25) is 4.79 Å². The van der Waals surface area contributed by atoms with Crippen LogP contribution in [-0.2, 0) is 11.3 Å². The summed E-state index contributed by atoms with van der Waals surface area (Å²) >= 11 is 0. The second-order valence-corrected chi connectivity index (χ2v) is 5.32. The standard InChI is InChI=1S/C16H19FN2O/c17-15-9-12(10-18)7-8-14(15)11-19-16(20)13-5-3-1-2-4-6-13/h7-9,13H,1-6,11H2,(H,19,20). The van der Waals surface area contributed by atoms with Gasteiger partial charge in [-0.2, -0.15) is 5.26 Å². The molecule has 0 heterocycles. The molecular weight excluding hydrogens is 255 g/mol. The van der Waals surface area contributed by atoms with Crippen LogP contribution in [0.5, 0.6) is 0 Å². The number of carbonyl (C=O) groups excluding carboxylic acids is 1. The highest BCUT2D eigenvalue weighted by Crippen LogP contribution is 2.23. The fourth-order valence-corrected chi connectivity index (χ4v) is 2.63. The molecule has 0 bridgehead atoms. The van der Waals surface area contributed by atoms with Gasteiger partial charge < -0.3 is 5.32 Å². The second kappa shape index (κ2) is 7.04. The summed E-state index contributed by atoms with van der Waals surface area (Å²) < 4.78 is 13.7. The van der Waals surface area contributed by atoms with E-state index in [1.807, 2.05) is 6.07 Å². The van der Waals surface area contributed by atoms with E-state index in [-0.39, 0.29) is 18.4 Å². The van der Waals surface area contributed by atoms with Gasteiger partial charge in [0.25, 0.3) is 0 Å². The zero-order chi connectivity index (χ0) is 14.4. The molecule has 0 spiro atoms. The van der Waals surface area contributed by atoms with Crippen LogP contribution in [0, 0.1) is 23.1 Å². The molecule has 0 saturated heterocycles. The van der Waals surface area contributed by atoms with Crippen LogP contribution in [0.4, 0.5) is 4.39 Å². The zero-order valence-corrected chi connectivity index (χ0v) is 11.5. The van der Waals surface area contributed by atoms with E-state index >= 15 is 0 Å². The van der Waals surface area contributed by atoms with Crippen molar-refractivity contribution in [3.8, 4) is 6.07 Å². The number of nitriles is 1. The van der Waals surface area contributed by atoms with Crippen LogP contribution in [0.15, 0.2) is 18.2 Å². The summed E-state index contributed by atoms with van der Waals surface area (Å²) in [7, 11) is 0. The predicted octanol–water partition coefficient (Wildman–Crippen LogP) is 3.28. The van der Waals surface area contributed by atoms with Gasteiger partial charge in [-0.05, 0) is 25.0 Å². The summed E-state index contributed by atoms with van der Waals surface area (Å²) in [5, 5.41) is 11.5. The van der Waals surface area contributed by atoms with E-state index in [2.05, 4.69) is 5.32 Å². The molecule has 1 aromatic carbocycles. The van der Waals surface area contributed by atoms with Crippen molar-refractivity contribution in [3.05, 3.63) is 35.1 Å². The lowest BCUT2D eigenvalue weighted by Gasteiger charge is -2.14. The Morgan fingerprint density at radius 2 is 2.00 bits per heavy atom. The molecule has 106 valence electrons. The number of carbonyl (C=O) groups is 1. The summed E-state index contributed by atoms with van der Waals surface area (Å²) in [6.07, 6.45) is 6.47. The lowest BCUT2D eigenvalue weighted by Crippen LogP contribution is -2.30. The number of halogens is 1. The topological polar surface area (TPSA) is 52.9 Å². The minimum absolute atomic E-state index is 0.0238. The molecule has 0 aliphatic heterocycles. The fraction of sp³-hybridized carbons (Fsp3) is 0.500. The van der Waals surface area contributed by atoms with Crippen LogP contribution in [0.1, 0.15) is 49.7 Å². The first-order valence-corrected chi connectivity index (χ1v) is 7.17. The lowest BCUT2D eigenvalue weighted by molar-refractivity contribution is -0.125. The summed E-state index contributed by atoms with van der Waals surface area (Å²) in [4.78, 5) is 12.1. The molecule has 0 atom stereocenters. The third-order valence-electron chi connectivity index (χ3n) is 3.86. The van der Waals surface area contributed by atoms with Gasteiger partial charge in [0.05, 0.1) is 11.6 Å². The highest BCUT2D eigenvalue weighted by atomic mass is 19.1. The van der Waals surface area contributed by atoms with Crippen molar-refractivity contribution >= 4 is 5.91 Å². The van der Waals surface area contributed by atoms with Gasteiger partial charge in [0, 0.05) is 18.0 Å². The number of rotatable bonds is 3. The molecule has 1 N–H and O–H groups in total. The first-order valence-electron chi connectivity index (χ1n) is 7.17. The van der Waals surface area contributed by atoms with Crippen LogP contribution in [0.3, 0.4) is 0 Å². The summed E-state index contributed by atoms with van der Waals surface area (Å²) in [5.41, 5.74) is 0.715. The molecule has 1 aliphatic carbocycles. The Labute approximate surface area is 118 Å². The van der Waals surface area contributed by atoms with E-state index in [1.165, 1.54) is 18.9 Å². The molecule has 0 unspecified atom stereocenters. The first kappa shape index (κ1) is 14.5. The van der Waals surface area contributed by atoms with E-state index in [9.17, 15) is 9.18 Å². The average molecular weight is 274 g/mol. The molecule has 1 aliphatic rings. The van der Waals surface area contributed by atoms with Crippen molar-refractivity contribution in [2.75, 3.05) is 0 Å². The molecule has 0 aromatic heterocycles. The molecule has 1 amide bonds. The van der Waals surface area contributed by atoms with Crippen LogP contribution in [0.2, 0.25) is 0 Å². The Kier molecular flexibility index (Phi) is 5.11. The SMILES string of the molecule is N#Cc1ccc(CNC(=O)C2CCCCCC2)c(F)c1. The normalized spacial score (nSPS) is 16.2. The number of nitrogens with zero attached hydrogens (tertiary/aromatic N) is 1. The van der Waals surface area contributed by atoms with Crippen molar-refractivity contribution in [3.63, 3.8) is 0 Å². The third kappa shape index (κ3) is 3.80. The van der Waals surface area contributed by atoms with Gasteiger partial charge in [-0.25, -0.2) is 4.39 Å². The quantitative estimate of drug-likeness (QED) is 0.860. The molecule has 1 fully saturated rings. The van der Waals surface area contributed by atoms with Gasteiger partial charge in [-0.1, -0.05) is 31.7 Å². The third-order valence-corrected chi connectivity index (χ3v) is 3.86. The van der Waals surface area contributed by atoms with E-state index in [1.54, 1.807) is 12.1 Å². The van der Waals surface area contributed by atoms with E-state index in [0.29, 0.717) is 11.1 Å². The number of amides is 1. The van der Waals surface area contributed by atoms with E-state index in [0.717, 1.165) is 25.7 Å². The molecule has 4 heteroatoms. The highest BCUT2D eigenvalue weighted by molar-refractivity contribution is 5.78. The Morgan fingerprint density at radius 1 is 1.30 bits per heavy atom. The number of nitrogens with one attached hydrogen (secondary N) is 1.